The lowest BCUT2D eigenvalue weighted by Gasteiger charge is -2.39. The van der Waals surface area contributed by atoms with Crippen molar-refractivity contribution in [1.82, 2.24) is 25.1 Å². The number of benzene rings is 1. The van der Waals surface area contributed by atoms with E-state index in [1.807, 2.05) is 51.1 Å². The van der Waals surface area contributed by atoms with Gasteiger partial charge in [-0.15, -0.1) is 0 Å². The van der Waals surface area contributed by atoms with E-state index in [1.54, 1.807) is 19.2 Å². The fourth-order valence-electron chi connectivity index (χ4n) is 6.21. The van der Waals surface area contributed by atoms with E-state index in [-0.39, 0.29) is 17.4 Å². The van der Waals surface area contributed by atoms with Crippen LogP contribution in [0.3, 0.4) is 0 Å². The van der Waals surface area contributed by atoms with E-state index in [0.717, 1.165) is 87.8 Å². The predicted octanol–water partition coefficient (Wildman–Crippen LogP) is 6.22. The van der Waals surface area contributed by atoms with Crippen molar-refractivity contribution in [2.45, 2.75) is 53.2 Å². The fraction of sp³-hybridized carbons (Fsp3) is 0.500. The highest BCUT2D eigenvalue weighted by molar-refractivity contribution is 6.35. The van der Waals surface area contributed by atoms with Crippen molar-refractivity contribution in [3.63, 3.8) is 0 Å². The molecule has 1 atom stereocenters. The number of halogens is 2. The van der Waals surface area contributed by atoms with Crippen LogP contribution in [0.4, 0.5) is 10.6 Å². The van der Waals surface area contributed by atoms with Crippen molar-refractivity contribution >= 4 is 41.0 Å². The summed E-state index contributed by atoms with van der Waals surface area (Å²) in [6.07, 6.45) is 2.75. The van der Waals surface area contributed by atoms with Gasteiger partial charge < -0.3 is 25.4 Å². The molecule has 5 rings (SSSR count). The lowest BCUT2D eigenvalue weighted by molar-refractivity contribution is -0.119. The molecule has 49 heavy (non-hydrogen) atoms. The molecule has 0 aliphatic carbocycles. The second-order valence-corrected chi connectivity index (χ2v) is 14.9. The van der Waals surface area contributed by atoms with E-state index in [1.165, 1.54) is 0 Å². The molecule has 4 heterocycles. The zero-order chi connectivity index (χ0) is 35.1. The minimum Gasteiger partial charge on any atom is -0.444 e. The molecule has 0 radical (unpaired) electrons. The van der Waals surface area contributed by atoms with Gasteiger partial charge in [0.25, 0.3) is 0 Å². The van der Waals surface area contributed by atoms with Gasteiger partial charge in [0, 0.05) is 79.8 Å². The molecule has 2 amide bonds. The third-order valence-electron chi connectivity index (χ3n) is 9.06. The van der Waals surface area contributed by atoms with Gasteiger partial charge in [0.15, 0.2) is 0 Å². The van der Waals surface area contributed by atoms with E-state index in [9.17, 15) is 9.59 Å². The van der Waals surface area contributed by atoms with Crippen LogP contribution in [0.15, 0.2) is 48.7 Å². The largest absolute Gasteiger partial charge is 0.444 e. The molecule has 2 fully saturated rings. The third-order valence-corrected chi connectivity index (χ3v) is 9.50. The SMILES string of the molecule is CC(=O)NCC1CCN(Cc2cc(Oc3ccc(N4CCN(CC(OC(N)=O)C(C)(C)C)CC4)nc3)nc(-c3cc(Cl)cc(Cl)c3)c2)CC1. The maximum absolute atomic E-state index is 11.5. The molecule has 1 unspecified atom stereocenters. The number of piperidine rings is 1. The number of ether oxygens (including phenoxy) is 2. The van der Waals surface area contributed by atoms with Gasteiger partial charge in [0.1, 0.15) is 17.7 Å². The first-order valence-electron chi connectivity index (χ1n) is 16.8. The maximum atomic E-state index is 11.5. The minimum absolute atomic E-state index is 0.0171. The Morgan fingerprint density at radius 1 is 0.980 bits per heavy atom. The monoisotopic (exact) mass is 711 g/mol. The molecule has 2 aromatic heterocycles. The number of piperazine rings is 1. The van der Waals surface area contributed by atoms with Gasteiger partial charge in [-0.2, -0.15) is 0 Å². The minimum atomic E-state index is -0.742. The van der Waals surface area contributed by atoms with Crippen LogP contribution in [0.2, 0.25) is 10.0 Å². The Hall–Kier alpha value is -3.64. The van der Waals surface area contributed by atoms with Crippen LogP contribution in [-0.2, 0) is 16.1 Å². The van der Waals surface area contributed by atoms with Crippen LogP contribution < -0.4 is 20.7 Å². The van der Waals surface area contributed by atoms with Gasteiger partial charge in [-0.05, 0) is 73.8 Å². The van der Waals surface area contributed by atoms with E-state index < -0.39 is 6.09 Å². The molecule has 0 spiro atoms. The van der Waals surface area contributed by atoms with Crippen molar-refractivity contribution in [3.8, 4) is 22.9 Å². The molecular weight excluding hydrogens is 665 g/mol. The second-order valence-electron chi connectivity index (χ2n) is 14.0. The molecule has 1 aromatic carbocycles. The van der Waals surface area contributed by atoms with E-state index in [0.29, 0.717) is 34.1 Å². The van der Waals surface area contributed by atoms with Crippen molar-refractivity contribution < 1.29 is 19.1 Å². The molecule has 0 saturated carbocycles. The molecule has 2 aliphatic heterocycles. The maximum Gasteiger partial charge on any atom is 0.404 e. The number of anilines is 1. The van der Waals surface area contributed by atoms with Crippen LogP contribution in [0.5, 0.6) is 11.6 Å². The summed E-state index contributed by atoms with van der Waals surface area (Å²) in [6.45, 7) is 14.9. The summed E-state index contributed by atoms with van der Waals surface area (Å²) in [5.41, 5.74) is 7.70. The highest BCUT2D eigenvalue weighted by Crippen LogP contribution is 2.31. The van der Waals surface area contributed by atoms with Crippen molar-refractivity contribution in [2.75, 3.05) is 57.3 Å². The second kappa shape index (κ2) is 16.4. The van der Waals surface area contributed by atoms with Gasteiger partial charge in [0.2, 0.25) is 11.8 Å². The Balaban J connectivity index is 1.24. The van der Waals surface area contributed by atoms with Crippen LogP contribution in [0, 0.1) is 11.3 Å². The molecular formula is C36H47Cl2N7O4. The zero-order valence-electron chi connectivity index (χ0n) is 28.8. The average Bonchev–Trinajstić information content (AvgIpc) is 3.04. The van der Waals surface area contributed by atoms with Crippen molar-refractivity contribution in [1.29, 1.82) is 0 Å². The van der Waals surface area contributed by atoms with E-state index >= 15 is 0 Å². The number of hydrogen-bond donors (Lipinski definition) is 2. The smallest absolute Gasteiger partial charge is 0.404 e. The standard InChI is InChI=1S/C36H47Cl2N7O4/c1-24(46)40-20-25-7-9-43(10-8-25)22-26-15-31(27-17-28(37)19-29(38)18-27)42-34(16-26)48-30-5-6-33(41-21-30)45-13-11-44(12-14-45)23-32(36(2,3)4)49-35(39)47/h5-6,15-19,21,25,32H,7-14,20,22-23H2,1-4H3,(H2,39,47)(H,40,46). The normalized spacial score (nSPS) is 17.1. The highest BCUT2D eigenvalue weighted by Gasteiger charge is 2.31. The van der Waals surface area contributed by atoms with Crippen LogP contribution in [-0.4, -0.2) is 90.2 Å². The fourth-order valence-corrected chi connectivity index (χ4v) is 6.74. The van der Waals surface area contributed by atoms with Gasteiger partial charge in [-0.25, -0.2) is 14.8 Å². The summed E-state index contributed by atoms with van der Waals surface area (Å²) in [4.78, 5) is 39.3. The molecule has 0 bridgehead atoms. The van der Waals surface area contributed by atoms with Gasteiger partial charge in [0.05, 0.1) is 11.9 Å². The molecule has 3 N–H and O–H groups in total. The number of nitrogens with two attached hydrogens (primary N) is 1. The summed E-state index contributed by atoms with van der Waals surface area (Å²) in [5.74, 6) is 2.41. The topological polar surface area (TPSA) is 126 Å². The van der Waals surface area contributed by atoms with Crippen LogP contribution in [0.25, 0.3) is 11.3 Å². The Morgan fingerprint density at radius 3 is 2.27 bits per heavy atom. The molecule has 13 heteroatoms. The number of primary amides is 1. The first-order chi connectivity index (χ1) is 23.3. The molecule has 11 nitrogen and oxygen atoms in total. The number of nitrogens with zero attached hydrogens (tertiary/aromatic N) is 5. The zero-order valence-corrected chi connectivity index (χ0v) is 30.3. The lowest BCUT2D eigenvalue weighted by atomic mass is 9.88. The Labute approximate surface area is 299 Å². The summed E-state index contributed by atoms with van der Waals surface area (Å²) in [6, 6.07) is 13.3. The predicted molar refractivity (Wildman–Crippen MR) is 193 cm³/mol. The number of carbonyl (C=O) groups is 2. The number of aromatic nitrogens is 2. The summed E-state index contributed by atoms with van der Waals surface area (Å²) < 4.78 is 11.7. The highest BCUT2D eigenvalue weighted by atomic mass is 35.5. The quantitative estimate of drug-likeness (QED) is 0.238. The van der Waals surface area contributed by atoms with Gasteiger partial charge >= 0.3 is 6.09 Å². The first-order valence-corrected chi connectivity index (χ1v) is 17.6. The van der Waals surface area contributed by atoms with Crippen LogP contribution in [0.1, 0.15) is 46.1 Å². The Bertz CT molecular complexity index is 1560. The summed E-state index contributed by atoms with van der Waals surface area (Å²) >= 11 is 12.7. The lowest BCUT2D eigenvalue weighted by Crippen LogP contribution is -2.51. The number of likely N-dealkylation sites (tertiary alicyclic amines) is 1. The van der Waals surface area contributed by atoms with Gasteiger partial charge in [-0.1, -0.05) is 44.0 Å². The first kappa shape index (κ1) is 36.6. The summed E-state index contributed by atoms with van der Waals surface area (Å²) in [5, 5.41) is 4.02. The number of amides is 2. The van der Waals surface area contributed by atoms with Gasteiger partial charge in [-0.3, -0.25) is 14.6 Å². The number of rotatable bonds is 11. The Kier molecular flexibility index (Phi) is 12.2. The molecule has 3 aromatic rings. The third kappa shape index (κ3) is 10.9. The average molecular weight is 713 g/mol. The summed E-state index contributed by atoms with van der Waals surface area (Å²) in [7, 11) is 0. The number of carbonyl (C=O) groups excluding carboxylic acids is 2. The van der Waals surface area contributed by atoms with Crippen molar-refractivity contribution in [3.05, 3.63) is 64.3 Å². The van der Waals surface area contributed by atoms with E-state index in [4.69, 9.17) is 48.4 Å². The number of hydrogen-bond acceptors (Lipinski definition) is 9. The van der Waals surface area contributed by atoms with Crippen LogP contribution >= 0.6 is 23.2 Å². The van der Waals surface area contributed by atoms with Crippen molar-refractivity contribution in [2.24, 2.45) is 17.1 Å². The van der Waals surface area contributed by atoms with E-state index in [2.05, 4.69) is 26.1 Å². The molecule has 264 valence electrons. The number of pyridine rings is 2. The number of nitrogens with one attached hydrogen (secondary N) is 1. The molecule has 2 saturated heterocycles. The molecule has 2 aliphatic rings. The Morgan fingerprint density at radius 2 is 1.67 bits per heavy atom.